The first kappa shape index (κ1) is 15.3. The van der Waals surface area contributed by atoms with Crippen LogP contribution in [0, 0.1) is 0 Å². The van der Waals surface area contributed by atoms with Crippen molar-refractivity contribution in [2.75, 3.05) is 0 Å². The number of nitrogens with two attached hydrogens (primary N) is 2. The maximum Gasteiger partial charge on any atom is 0.309 e. The van der Waals surface area contributed by atoms with E-state index in [-0.39, 0.29) is 0 Å². The molecule has 4 N–H and O–H groups in total. The molecular formula is C13H28N2O. The number of primary amides is 2. The summed E-state index contributed by atoms with van der Waals surface area (Å²) < 4.78 is 0. The highest BCUT2D eigenvalue weighted by molar-refractivity contribution is 5.69. The van der Waals surface area contributed by atoms with Gasteiger partial charge in [-0.25, -0.2) is 4.79 Å². The fraction of sp³-hybridized carbons (Fsp3) is 0.923. The van der Waals surface area contributed by atoms with E-state index >= 15 is 0 Å². The molecule has 3 nitrogen and oxygen atoms in total. The van der Waals surface area contributed by atoms with Crippen LogP contribution in [0.2, 0.25) is 0 Å². The predicted molar refractivity (Wildman–Crippen MR) is 69.2 cm³/mol. The Balaban J connectivity index is 0.000000217. The first-order valence-electron chi connectivity index (χ1n) is 6.78. The largest absolute Gasteiger partial charge is 0.352 e. The van der Waals surface area contributed by atoms with Gasteiger partial charge in [-0.15, -0.1) is 0 Å². The van der Waals surface area contributed by atoms with Gasteiger partial charge in [0.2, 0.25) is 0 Å². The minimum Gasteiger partial charge on any atom is -0.352 e. The third-order valence-electron chi connectivity index (χ3n) is 3.00. The van der Waals surface area contributed by atoms with Crippen LogP contribution in [0.15, 0.2) is 0 Å². The van der Waals surface area contributed by atoms with Gasteiger partial charge in [-0.1, -0.05) is 77.0 Å². The molecule has 2 aliphatic rings. The summed E-state index contributed by atoms with van der Waals surface area (Å²) in [6.45, 7) is 0. The van der Waals surface area contributed by atoms with E-state index in [2.05, 4.69) is 11.5 Å². The van der Waals surface area contributed by atoms with Crippen molar-refractivity contribution in [1.29, 1.82) is 0 Å². The van der Waals surface area contributed by atoms with Crippen LogP contribution in [0.4, 0.5) is 4.79 Å². The highest BCUT2D eigenvalue weighted by Crippen LogP contribution is 2.15. The summed E-state index contributed by atoms with van der Waals surface area (Å²) in [7, 11) is 0. The number of hydrogen-bond donors (Lipinski definition) is 2. The molecule has 2 amide bonds. The zero-order chi connectivity index (χ0) is 12.1. The van der Waals surface area contributed by atoms with Crippen molar-refractivity contribution < 1.29 is 4.79 Å². The molecule has 16 heavy (non-hydrogen) atoms. The van der Waals surface area contributed by atoms with Crippen LogP contribution in [0.25, 0.3) is 0 Å². The second-order valence-electron chi connectivity index (χ2n) is 4.65. The highest BCUT2D eigenvalue weighted by atomic mass is 16.2. The van der Waals surface area contributed by atoms with E-state index in [4.69, 9.17) is 4.79 Å². The molecule has 0 aromatic carbocycles. The molecule has 2 fully saturated rings. The lowest BCUT2D eigenvalue weighted by atomic mass is 10.0. The van der Waals surface area contributed by atoms with Crippen molar-refractivity contribution in [3.05, 3.63) is 0 Å². The molecule has 0 bridgehead atoms. The van der Waals surface area contributed by atoms with E-state index in [0.29, 0.717) is 0 Å². The van der Waals surface area contributed by atoms with Crippen molar-refractivity contribution in [3.8, 4) is 0 Å². The Kier molecular flexibility index (Phi) is 11.8. The first-order chi connectivity index (χ1) is 7.73. The van der Waals surface area contributed by atoms with Gasteiger partial charge in [-0.3, -0.25) is 0 Å². The van der Waals surface area contributed by atoms with Crippen molar-refractivity contribution in [1.82, 2.24) is 0 Å². The summed E-state index contributed by atoms with van der Waals surface area (Å²) in [5.41, 5.74) is 8.50. The Morgan fingerprint density at radius 3 is 0.625 bits per heavy atom. The van der Waals surface area contributed by atoms with Crippen LogP contribution in [0.3, 0.4) is 0 Å². The Hall–Kier alpha value is -0.730. The number of urea groups is 1. The molecule has 2 rings (SSSR count). The molecule has 0 radical (unpaired) electrons. The van der Waals surface area contributed by atoms with Crippen LogP contribution in [-0.2, 0) is 0 Å². The minimum absolute atomic E-state index is 0.833. The van der Waals surface area contributed by atoms with Gasteiger partial charge in [0.15, 0.2) is 0 Å². The molecule has 0 unspecified atom stereocenters. The van der Waals surface area contributed by atoms with Gasteiger partial charge in [0.1, 0.15) is 0 Å². The quantitative estimate of drug-likeness (QED) is 0.652. The number of hydrogen-bond acceptors (Lipinski definition) is 1. The van der Waals surface area contributed by atoms with E-state index in [1.165, 1.54) is 77.0 Å². The number of carbonyl (C=O) groups is 1. The Morgan fingerprint density at radius 2 is 0.562 bits per heavy atom. The second-order valence-corrected chi connectivity index (χ2v) is 4.65. The molecular weight excluding hydrogens is 200 g/mol. The Morgan fingerprint density at radius 1 is 0.500 bits per heavy atom. The third-order valence-corrected chi connectivity index (χ3v) is 3.00. The standard InChI is InChI=1S/2C6H12.CH4N2O/c2*1-2-4-6-5-3-1;2-1(3)4/h2*1-6H2;(H4,2,3,4). The minimum atomic E-state index is -0.833. The average Bonchev–Trinajstić information content (AvgIpc) is 2.34. The topological polar surface area (TPSA) is 69.1 Å². The van der Waals surface area contributed by atoms with E-state index in [1.54, 1.807) is 0 Å². The van der Waals surface area contributed by atoms with Crippen LogP contribution in [0.1, 0.15) is 77.0 Å². The normalized spacial score (nSPS) is 19.5. The zero-order valence-corrected chi connectivity index (χ0v) is 10.5. The van der Waals surface area contributed by atoms with Gasteiger partial charge in [0, 0.05) is 0 Å². The molecule has 2 saturated carbocycles. The van der Waals surface area contributed by atoms with Crippen LogP contribution in [-0.4, -0.2) is 6.03 Å². The molecule has 0 aromatic heterocycles. The fourth-order valence-electron chi connectivity index (χ4n) is 2.12. The third kappa shape index (κ3) is 15.7. The fourth-order valence-corrected chi connectivity index (χ4v) is 2.12. The van der Waals surface area contributed by atoms with Gasteiger partial charge in [-0.05, 0) is 0 Å². The van der Waals surface area contributed by atoms with E-state index in [9.17, 15) is 0 Å². The number of amides is 2. The molecule has 3 heteroatoms. The van der Waals surface area contributed by atoms with Gasteiger partial charge in [0.05, 0.1) is 0 Å². The van der Waals surface area contributed by atoms with Crippen LogP contribution >= 0.6 is 0 Å². The van der Waals surface area contributed by atoms with Crippen molar-refractivity contribution in [3.63, 3.8) is 0 Å². The first-order valence-corrected chi connectivity index (χ1v) is 6.78. The lowest BCUT2D eigenvalue weighted by Crippen LogP contribution is -2.18. The maximum atomic E-state index is 9.00. The molecule has 0 atom stereocenters. The summed E-state index contributed by atoms with van der Waals surface area (Å²) in [6, 6.07) is -0.833. The summed E-state index contributed by atoms with van der Waals surface area (Å²) >= 11 is 0. The van der Waals surface area contributed by atoms with E-state index < -0.39 is 6.03 Å². The van der Waals surface area contributed by atoms with Crippen LogP contribution < -0.4 is 11.5 Å². The van der Waals surface area contributed by atoms with E-state index in [0.717, 1.165) is 0 Å². The SMILES string of the molecule is C1CCCCC1.C1CCCCC1.NC(N)=O. The number of rotatable bonds is 0. The molecule has 96 valence electrons. The second kappa shape index (κ2) is 12.3. The zero-order valence-electron chi connectivity index (χ0n) is 10.5. The van der Waals surface area contributed by atoms with Crippen molar-refractivity contribution in [2.45, 2.75) is 77.0 Å². The summed E-state index contributed by atoms with van der Waals surface area (Å²) in [4.78, 5) is 9.00. The summed E-state index contributed by atoms with van der Waals surface area (Å²) in [5, 5.41) is 0. The monoisotopic (exact) mass is 228 g/mol. The maximum absolute atomic E-state index is 9.00. The molecule has 0 spiro atoms. The Bertz CT molecular complexity index is 113. The highest BCUT2D eigenvalue weighted by Gasteiger charge is 1.96. The molecule has 0 aromatic rings. The summed E-state index contributed by atoms with van der Waals surface area (Å²) in [5.74, 6) is 0. The van der Waals surface area contributed by atoms with Gasteiger partial charge in [0.25, 0.3) is 0 Å². The van der Waals surface area contributed by atoms with Crippen molar-refractivity contribution in [2.24, 2.45) is 11.5 Å². The molecule has 0 heterocycles. The smallest absolute Gasteiger partial charge is 0.309 e. The van der Waals surface area contributed by atoms with Gasteiger partial charge < -0.3 is 11.5 Å². The number of carbonyl (C=O) groups excluding carboxylic acids is 1. The molecule has 0 saturated heterocycles. The van der Waals surface area contributed by atoms with Crippen molar-refractivity contribution >= 4 is 6.03 Å². The summed E-state index contributed by atoms with van der Waals surface area (Å²) in [6.07, 6.45) is 18.0. The molecule has 0 aliphatic heterocycles. The van der Waals surface area contributed by atoms with Crippen LogP contribution in [0.5, 0.6) is 0 Å². The Labute approximate surface area is 100.0 Å². The average molecular weight is 228 g/mol. The molecule has 2 aliphatic carbocycles. The lowest BCUT2D eigenvalue weighted by Gasteiger charge is -2.05. The lowest BCUT2D eigenvalue weighted by molar-refractivity contribution is 0.256. The van der Waals surface area contributed by atoms with Gasteiger partial charge in [-0.2, -0.15) is 0 Å². The van der Waals surface area contributed by atoms with Gasteiger partial charge >= 0.3 is 6.03 Å². The predicted octanol–water partition coefficient (Wildman–Crippen LogP) is 3.71. The van der Waals surface area contributed by atoms with E-state index in [1.807, 2.05) is 0 Å².